The van der Waals surface area contributed by atoms with E-state index in [1.165, 1.54) is 7.05 Å². The van der Waals surface area contributed by atoms with Crippen LogP contribution in [0.25, 0.3) is 0 Å². The van der Waals surface area contributed by atoms with E-state index in [9.17, 15) is 9.59 Å². The number of amides is 1. The van der Waals surface area contributed by atoms with E-state index in [1.807, 2.05) is 30.3 Å². The van der Waals surface area contributed by atoms with Crippen molar-refractivity contribution in [3.8, 4) is 0 Å². The summed E-state index contributed by atoms with van der Waals surface area (Å²) in [5.74, 6) is -0.656. The van der Waals surface area contributed by atoms with Crippen molar-refractivity contribution in [2.45, 2.75) is 19.8 Å². The van der Waals surface area contributed by atoms with Crippen LogP contribution in [0.1, 0.15) is 18.9 Å². The zero-order chi connectivity index (χ0) is 12.0. The second-order valence-corrected chi connectivity index (χ2v) is 3.37. The SMILES string of the molecule is CCC(=O)N(C)OC(=O)Cc1ccccc1. The van der Waals surface area contributed by atoms with Gasteiger partial charge in [0.15, 0.2) is 0 Å². The van der Waals surface area contributed by atoms with Gasteiger partial charge in [0.1, 0.15) is 0 Å². The zero-order valence-electron chi connectivity index (χ0n) is 9.47. The third-order valence-corrected chi connectivity index (χ3v) is 2.08. The average molecular weight is 221 g/mol. The molecule has 0 N–H and O–H groups in total. The van der Waals surface area contributed by atoms with Crippen molar-refractivity contribution < 1.29 is 14.4 Å². The van der Waals surface area contributed by atoms with Gasteiger partial charge in [-0.3, -0.25) is 4.79 Å². The van der Waals surface area contributed by atoms with Crippen molar-refractivity contribution >= 4 is 11.9 Å². The molecule has 0 heterocycles. The minimum Gasteiger partial charge on any atom is -0.338 e. The molecule has 4 nitrogen and oxygen atoms in total. The Kier molecular flexibility index (Phi) is 4.51. The largest absolute Gasteiger partial charge is 0.338 e. The highest BCUT2D eigenvalue weighted by atomic mass is 16.7. The first kappa shape index (κ1) is 12.2. The van der Waals surface area contributed by atoms with Gasteiger partial charge in [-0.2, -0.15) is 5.06 Å². The molecule has 0 radical (unpaired) electrons. The van der Waals surface area contributed by atoms with Crippen molar-refractivity contribution in [3.05, 3.63) is 35.9 Å². The number of nitrogens with zero attached hydrogens (tertiary/aromatic N) is 1. The van der Waals surface area contributed by atoms with Crippen molar-refractivity contribution in [1.29, 1.82) is 0 Å². The lowest BCUT2D eigenvalue weighted by molar-refractivity contribution is -0.191. The summed E-state index contributed by atoms with van der Waals surface area (Å²) in [6.07, 6.45) is 0.483. The Balaban J connectivity index is 2.45. The summed E-state index contributed by atoms with van der Waals surface area (Å²) in [4.78, 5) is 27.4. The van der Waals surface area contributed by atoms with Crippen LogP contribution in [-0.2, 0) is 20.8 Å². The Morgan fingerprint density at radius 3 is 2.44 bits per heavy atom. The fourth-order valence-electron chi connectivity index (χ4n) is 1.22. The predicted octanol–water partition coefficient (Wildman–Crippen LogP) is 1.56. The predicted molar refractivity (Wildman–Crippen MR) is 59.3 cm³/mol. The van der Waals surface area contributed by atoms with E-state index in [0.29, 0.717) is 6.42 Å². The van der Waals surface area contributed by atoms with E-state index >= 15 is 0 Å². The minimum absolute atomic E-state index is 0.169. The smallest absolute Gasteiger partial charge is 0.336 e. The van der Waals surface area contributed by atoms with Gasteiger partial charge in [-0.15, -0.1) is 0 Å². The Morgan fingerprint density at radius 1 is 1.25 bits per heavy atom. The van der Waals surface area contributed by atoms with Gasteiger partial charge in [0.2, 0.25) is 0 Å². The lowest BCUT2D eigenvalue weighted by Crippen LogP contribution is -2.29. The van der Waals surface area contributed by atoms with E-state index in [-0.39, 0.29) is 12.3 Å². The third-order valence-electron chi connectivity index (χ3n) is 2.08. The van der Waals surface area contributed by atoms with Gasteiger partial charge in [0.25, 0.3) is 5.91 Å². The maximum atomic E-state index is 11.4. The quantitative estimate of drug-likeness (QED) is 0.727. The molecule has 1 amide bonds. The van der Waals surface area contributed by atoms with Crippen molar-refractivity contribution in [2.75, 3.05) is 7.05 Å². The first-order valence-electron chi connectivity index (χ1n) is 5.14. The summed E-state index contributed by atoms with van der Waals surface area (Å²) in [5, 5.41) is 0.977. The molecule has 0 fully saturated rings. The van der Waals surface area contributed by atoms with Crippen LogP contribution in [0, 0.1) is 0 Å². The molecule has 0 atom stereocenters. The Labute approximate surface area is 94.8 Å². The van der Waals surface area contributed by atoms with Crippen LogP contribution in [0.15, 0.2) is 30.3 Å². The first-order valence-corrected chi connectivity index (χ1v) is 5.14. The van der Waals surface area contributed by atoms with Gasteiger partial charge in [-0.05, 0) is 5.56 Å². The monoisotopic (exact) mass is 221 g/mol. The van der Waals surface area contributed by atoms with E-state index in [2.05, 4.69) is 0 Å². The summed E-state index contributed by atoms with van der Waals surface area (Å²) in [6, 6.07) is 9.25. The van der Waals surface area contributed by atoms with Crippen LogP contribution in [0.5, 0.6) is 0 Å². The first-order chi connectivity index (χ1) is 7.63. The number of hydrogen-bond donors (Lipinski definition) is 0. The minimum atomic E-state index is -0.435. The Hall–Kier alpha value is -1.84. The second-order valence-electron chi connectivity index (χ2n) is 3.37. The second kappa shape index (κ2) is 5.90. The molecule has 4 heteroatoms. The standard InChI is InChI=1S/C12H15NO3/c1-3-11(14)13(2)16-12(15)9-10-7-5-4-6-8-10/h4-8H,3,9H2,1-2H3. The molecule has 1 aromatic carbocycles. The summed E-state index contributed by atoms with van der Waals surface area (Å²) >= 11 is 0. The molecular formula is C12H15NO3. The van der Waals surface area contributed by atoms with Gasteiger partial charge < -0.3 is 4.84 Å². The molecule has 0 aliphatic heterocycles. The highest BCUT2D eigenvalue weighted by Crippen LogP contribution is 2.02. The van der Waals surface area contributed by atoms with Crippen LogP contribution in [-0.4, -0.2) is 24.0 Å². The van der Waals surface area contributed by atoms with Gasteiger partial charge in [0, 0.05) is 13.5 Å². The molecule has 86 valence electrons. The Bertz CT molecular complexity index is 362. The summed E-state index contributed by atoms with van der Waals surface area (Å²) < 4.78 is 0. The van der Waals surface area contributed by atoms with E-state index in [4.69, 9.17) is 4.84 Å². The van der Waals surface area contributed by atoms with Gasteiger partial charge in [0.05, 0.1) is 6.42 Å². The van der Waals surface area contributed by atoms with Gasteiger partial charge >= 0.3 is 5.97 Å². The number of carbonyl (C=O) groups is 2. The van der Waals surface area contributed by atoms with Crippen molar-refractivity contribution in [2.24, 2.45) is 0 Å². The normalized spacial score (nSPS) is 9.62. The molecular weight excluding hydrogens is 206 g/mol. The molecule has 0 aromatic heterocycles. The number of hydrogen-bond acceptors (Lipinski definition) is 3. The van der Waals surface area contributed by atoms with Crippen LogP contribution in [0.2, 0.25) is 0 Å². The molecule has 0 spiro atoms. The highest BCUT2D eigenvalue weighted by Gasteiger charge is 2.12. The molecule has 0 saturated heterocycles. The maximum absolute atomic E-state index is 11.4. The lowest BCUT2D eigenvalue weighted by Gasteiger charge is -2.14. The van der Waals surface area contributed by atoms with E-state index in [0.717, 1.165) is 10.6 Å². The van der Waals surface area contributed by atoms with E-state index in [1.54, 1.807) is 6.92 Å². The highest BCUT2D eigenvalue weighted by molar-refractivity contribution is 5.78. The molecule has 1 aromatic rings. The number of rotatable bonds is 3. The summed E-state index contributed by atoms with van der Waals surface area (Å²) in [7, 11) is 1.44. The van der Waals surface area contributed by atoms with Crippen molar-refractivity contribution in [1.82, 2.24) is 5.06 Å². The molecule has 0 bridgehead atoms. The van der Waals surface area contributed by atoms with Crippen LogP contribution in [0.4, 0.5) is 0 Å². The molecule has 16 heavy (non-hydrogen) atoms. The van der Waals surface area contributed by atoms with Crippen LogP contribution < -0.4 is 0 Å². The van der Waals surface area contributed by atoms with Crippen molar-refractivity contribution in [3.63, 3.8) is 0 Å². The van der Waals surface area contributed by atoms with Gasteiger partial charge in [-0.1, -0.05) is 37.3 Å². The summed E-state index contributed by atoms with van der Waals surface area (Å²) in [6.45, 7) is 1.71. The molecule has 1 rings (SSSR count). The lowest BCUT2D eigenvalue weighted by atomic mass is 10.2. The topological polar surface area (TPSA) is 46.6 Å². The van der Waals surface area contributed by atoms with E-state index < -0.39 is 5.97 Å². The molecule has 0 aliphatic carbocycles. The summed E-state index contributed by atoms with van der Waals surface area (Å²) in [5.41, 5.74) is 0.866. The number of hydroxylamine groups is 2. The molecule has 0 aliphatic rings. The zero-order valence-corrected chi connectivity index (χ0v) is 9.47. The molecule has 0 saturated carbocycles. The third kappa shape index (κ3) is 3.73. The fourth-order valence-corrected chi connectivity index (χ4v) is 1.22. The maximum Gasteiger partial charge on any atom is 0.336 e. The number of benzene rings is 1. The van der Waals surface area contributed by atoms with Gasteiger partial charge in [-0.25, -0.2) is 4.79 Å². The fraction of sp³-hybridized carbons (Fsp3) is 0.333. The number of carbonyl (C=O) groups excluding carboxylic acids is 2. The van der Waals surface area contributed by atoms with Crippen LogP contribution in [0.3, 0.4) is 0 Å². The average Bonchev–Trinajstić information content (AvgIpc) is 2.29. The van der Waals surface area contributed by atoms with Crippen LogP contribution >= 0.6 is 0 Å². The Morgan fingerprint density at radius 2 is 1.88 bits per heavy atom. The molecule has 0 unspecified atom stereocenters.